The maximum atomic E-state index is 13.4. The first kappa shape index (κ1) is 21.1. The van der Waals surface area contributed by atoms with Gasteiger partial charge in [0.25, 0.3) is 5.91 Å². The number of thiophene rings is 1. The Labute approximate surface area is 195 Å². The predicted octanol–water partition coefficient (Wildman–Crippen LogP) is 4.80. The van der Waals surface area contributed by atoms with Gasteiger partial charge in [-0.1, -0.05) is 11.6 Å². The van der Waals surface area contributed by atoms with Crippen LogP contribution >= 0.6 is 22.9 Å². The highest BCUT2D eigenvalue weighted by Gasteiger charge is 2.38. The van der Waals surface area contributed by atoms with E-state index in [9.17, 15) is 9.59 Å². The number of rotatable bonds is 7. The molecular formula is C24H23ClN2O4S. The maximum absolute atomic E-state index is 13.4. The first-order valence-electron chi connectivity index (χ1n) is 10.7. The summed E-state index contributed by atoms with van der Waals surface area (Å²) >= 11 is 7.68. The van der Waals surface area contributed by atoms with Crippen molar-refractivity contribution in [3.05, 3.63) is 75.3 Å². The molecule has 6 nitrogen and oxygen atoms in total. The van der Waals surface area contributed by atoms with Crippen LogP contribution in [0.5, 0.6) is 5.75 Å². The molecule has 8 heteroatoms. The molecule has 1 saturated carbocycles. The third kappa shape index (κ3) is 4.40. The van der Waals surface area contributed by atoms with E-state index < -0.39 is 0 Å². The van der Waals surface area contributed by atoms with Crippen LogP contribution in [0.1, 0.15) is 39.9 Å². The molecule has 1 aromatic carbocycles. The van der Waals surface area contributed by atoms with E-state index in [0.717, 1.165) is 24.8 Å². The van der Waals surface area contributed by atoms with Gasteiger partial charge < -0.3 is 19.0 Å². The van der Waals surface area contributed by atoms with Gasteiger partial charge in [-0.25, -0.2) is 0 Å². The van der Waals surface area contributed by atoms with Crippen LogP contribution in [-0.2, 0) is 11.2 Å². The Bertz CT molecular complexity index is 1090. The third-order valence-electron chi connectivity index (χ3n) is 5.92. The second-order valence-corrected chi connectivity index (χ2v) is 9.50. The molecule has 2 amide bonds. The molecule has 0 N–H and O–H groups in total. The summed E-state index contributed by atoms with van der Waals surface area (Å²) in [5.41, 5.74) is 1.12. The SMILES string of the molecule is O=C(c1ccco1)N(CC(=O)N1CCc2sccc2C1COc1ccc(Cl)cc1)C1CC1. The van der Waals surface area contributed by atoms with Crippen LogP contribution in [-0.4, -0.2) is 47.4 Å². The van der Waals surface area contributed by atoms with E-state index in [1.54, 1.807) is 40.5 Å². The number of fused-ring (bicyclic) bond motifs is 1. The van der Waals surface area contributed by atoms with E-state index in [0.29, 0.717) is 23.9 Å². The summed E-state index contributed by atoms with van der Waals surface area (Å²) < 4.78 is 11.3. The summed E-state index contributed by atoms with van der Waals surface area (Å²) in [5.74, 6) is 0.675. The number of hydrogen-bond donors (Lipinski definition) is 0. The molecule has 1 atom stereocenters. The Hall–Kier alpha value is -2.77. The molecule has 32 heavy (non-hydrogen) atoms. The molecule has 1 aliphatic heterocycles. The van der Waals surface area contributed by atoms with Crippen molar-refractivity contribution in [2.24, 2.45) is 0 Å². The molecule has 1 aliphatic carbocycles. The van der Waals surface area contributed by atoms with Gasteiger partial charge in [-0.05, 0) is 72.7 Å². The van der Waals surface area contributed by atoms with Gasteiger partial charge in [-0.2, -0.15) is 0 Å². The molecule has 3 heterocycles. The van der Waals surface area contributed by atoms with Crippen LogP contribution in [0.3, 0.4) is 0 Å². The third-order valence-corrected chi connectivity index (χ3v) is 7.17. The number of amides is 2. The summed E-state index contributed by atoms with van der Waals surface area (Å²) in [5, 5.41) is 2.71. The summed E-state index contributed by atoms with van der Waals surface area (Å²) in [6.45, 7) is 0.988. The van der Waals surface area contributed by atoms with Crippen LogP contribution in [0.25, 0.3) is 0 Å². The zero-order valence-electron chi connectivity index (χ0n) is 17.4. The van der Waals surface area contributed by atoms with Gasteiger partial charge in [0.2, 0.25) is 5.91 Å². The Balaban J connectivity index is 1.33. The van der Waals surface area contributed by atoms with E-state index in [1.807, 2.05) is 17.0 Å². The van der Waals surface area contributed by atoms with E-state index >= 15 is 0 Å². The fraction of sp³-hybridized carbons (Fsp3) is 0.333. The minimum atomic E-state index is -0.229. The summed E-state index contributed by atoms with van der Waals surface area (Å²) in [6, 6.07) is 12.5. The number of halogens is 1. The van der Waals surface area contributed by atoms with E-state index in [2.05, 4.69) is 11.4 Å². The monoisotopic (exact) mass is 470 g/mol. The second-order valence-electron chi connectivity index (χ2n) is 8.06. The largest absolute Gasteiger partial charge is 0.491 e. The van der Waals surface area contributed by atoms with Crippen molar-refractivity contribution in [2.45, 2.75) is 31.3 Å². The highest BCUT2D eigenvalue weighted by atomic mass is 35.5. The lowest BCUT2D eigenvalue weighted by molar-refractivity contribution is -0.135. The Kier molecular flexibility index (Phi) is 5.93. The minimum absolute atomic E-state index is 0.0428. The summed E-state index contributed by atoms with van der Waals surface area (Å²) in [7, 11) is 0. The highest BCUT2D eigenvalue weighted by molar-refractivity contribution is 7.10. The zero-order chi connectivity index (χ0) is 22.1. The standard InChI is InChI=1S/C24H23ClN2O4S/c25-16-3-7-18(8-4-16)31-15-20-19-10-13-32-22(19)9-11-26(20)23(28)14-27(17-5-6-17)24(29)21-2-1-12-30-21/h1-4,7-8,10,12-13,17,20H,5-6,9,11,14-15H2. The first-order chi connectivity index (χ1) is 15.6. The molecule has 2 aromatic heterocycles. The van der Waals surface area contributed by atoms with Crippen LogP contribution in [0.4, 0.5) is 0 Å². The normalized spacial score (nSPS) is 17.7. The smallest absolute Gasteiger partial charge is 0.290 e. The molecule has 0 bridgehead atoms. The number of hydrogen-bond acceptors (Lipinski definition) is 5. The lowest BCUT2D eigenvalue weighted by atomic mass is 10.0. The molecule has 3 aromatic rings. The second kappa shape index (κ2) is 9.00. The predicted molar refractivity (Wildman–Crippen MR) is 122 cm³/mol. The van der Waals surface area contributed by atoms with Crippen LogP contribution in [0.15, 0.2) is 58.5 Å². The molecule has 1 unspecified atom stereocenters. The Morgan fingerprint density at radius 1 is 1.19 bits per heavy atom. The molecule has 0 spiro atoms. The topological polar surface area (TPSA) is 63.0 Å². The van der Waals surface area contributed by atoms with E-state index in [-0.39, 0.29) is 36.2 Å². The average Bonchev–Trinajstić information content (AvgIpc) is 3.28. The van der Waals surface area contributed by atoms with Crippen molar-refractivity contribution in [3.63, 3.8) is 0 Å². The Morgan fingerprint density at radius 2 is 2.00 bits per heavy atom. The lowest BCUT2D eigenvalue weighted by Crippen LogP contribution is -2.48. The average molecular weight is 471 g/mol. The van der Waals surface area contributed by atoms with Crippen molar-refractivity contribution in [1.29, 1.82) is 0 Å². The van der Waals surface area contributed by atoms with Crippen LogP contribution < -0.4 is 4.74 Å². The van der Waals surface area contributed by atoms with Crippen molar-refractivity contribution in [1.82, 2.24) is 9.80 Å². The zero-order valence-corrected chi connectivity index (χ0v) is 19.0. The quantitative estimate of drug-likeness (QED) is 0.497. The fourth-order valence-corrected chi connectivity index (χ4v) is 5.17. The van der Waals surface area contributed by atoms with Gasteiger partial charge in [0, 0.05) is 22.5 Å². The highest BCUT2D eigenvalue weighted by Crippen LogP contribution is 2.35. The summed E-state index contributed by atoms with van der Waals surface area (Å²) in [4.78, 5) is 31.1. The number of furan rings is 1. The van der Waals surface area contributed by atoms with Gasteiger partial charge in [0.1, 0.15) is 18.9 Å². The number of carbonyl (C=O) groups is 2. The number of ether oxygens (including phenoxy) is 1. The molecule has 5 rings (SSSR count). The van der Waals surface area contributed by atoms with E-state index in [1.165, 1.54) is 11.1 Å². The summed E-state index contributed by atoms with van der Waals surface area (Å²) in [6.07, 6.45) is 4.12. The van der Waals surface area contributed by atoms with Gasteiger partial charge in [0.05, 0.1) is 12.3 Å². The fourth-order valence-electron chi connectivity index (χ4n) is 4.11. The van der Waals surface area contributed by atoms with Crippen LogP contribution in [0, 0.1) is 0 Å². The van der Waals surface area contributed by atoms with Crippen LogP contribution in [0.2, 0.25) is 5.02 Å². The van der Waals surface area contributed by atoms with E-state index in [4.69, 9.17) is 20.8 Å². The first-order valence-corrected chi connectivity index (χ1v) is 11.9. The van der Waals surface area contributed by atoms with Gasteiger partial charge in [0.15, 0.2) is 5.76 Å². The van der Waals surface area contributed by atoms with Crippen molar-refractivity contribution >= 4 is 34.8 Å². The van der Waals surface area contributed by atoms with Gasteiger partial charge >= 0.3 is 0 Å². The Morgan fingerprint density at radius 3 is 2.72 bits per heavy atom. The van der Waals surface area contributed by atoms with Crippen molar-refractivity contribution in [3.8, 4) is 5.75 Å². The number of nitrogens with zero attached hydrogens (tertiary/aromatic N) is 2. The van der Waals surface area contributed by atoms with Gasteiger partial charge in [-0.15, -0.1) is 11.3 Å². The molecule has 166 valence electrons. The lowest BCUT2D eigenvalue weighted by Gasteiger charge is -2.37. The number of carbonyl (C=O) groups excluding carboxylic acids is 2. The molecular weight excluding hydrogens is 448 g/mol. The molecule has 2 aliphatic rings. The minimum Gasteiger partial charge on any atom is -0.491 e. The van der Waals surface area contributed by atoms with Gasteiger partial charge in [-0.3, -0.25) is 9.59 Å². The molecule has 0 saturated heterocycles. The maximum Gasteiger partial charge on any atom is 0.290 e. The molecule has 1 fully saturated rings. The van der Waals surface area contributed by atoms with Crippen molar-refractivity contribution in [2.75, 3.05) is 19.7 Å². The van der Waals surface area contributed by atoms with Crippen molar-refractivity contribution < 1.29 is 18.7 Å². The molecule has 0 radical (unpaired) electrons. The number of benzene rings is 1.